The Labute approximate surface area is 130 Å². The van der Waals surface area contributed by atoms with Crippen molar-refractivity contribution in [1.29, 1.82) is 0 Å². The minimum absolute atomic E-state index is 0.0829. The van der Waals surface area contributed by atoms with E-state index < -0.39 is 5.41 Å². The quantitative estimate of drug-likeness (QED) is 0.865. The number of hydrogen-bond donors (Lipinski definition) is 1. The maximum absolute atomic E-state index is 13.1. The fourth-order valence-corrected chi connectivity index (χ4v) is 4.44. The van der Waals surface area contributed by atoms with Crippen LogP contribution in [0.1, 0.15) is 53.3 Å². The lowest BCUT2D eigenvalue weighted by atomic mass is 9.78. The van der Waals surface area contributed by atoms with Crippen molar-refractivity contribution in [3.8, 4) is 0 Å². The standard InChI is InChI=1S/C18H22N2O2/c1-18-11-20(12-6-2-3-7-12)10-15(18)19-17(22)14-9-5-4-8-13(14)16(18)21/h4-5,8-9,12,15H,2-3,6-7,10-11H2,1H3,(H,19,22)/t15-,18+/m1/s1. The Hall–Kier alpha value is -1.68. The Bertz CT molecular complexity index is 636. The van der Waals surface area contributed by atoms with Crippen LogP contribution in [0, 0.1) is 5.41 Å². The first-order chi connectivity index (χ1) is 10.6. The van der Waals surface area contributed by atoms with Gasteiger partial charge in [0.2, 0.25) is 0 Å². The van der Waals surface area contributed by atoms with Crippen LogP contribution in [0.3, 0.4) is 0 Å². The van der Waals surface area contributed by atoms with Gasteiger partial charge in [-0.2, -0.15) is 0 Å². The number of nitrogens with zero attached hydrogens (tertiary/aromatic N) is 1. The van der Waals surface area contributed by atoms with Crippen molar-refractivity contribution in [2.45, 2.75) is 44.7 Å². The lowest BCUT2D eigenvalue weighted by molar-refractivity contribution is 0.0784. The van der Waals surface area contributed by atoms with E-state index in [2.05, 4.69) is 10.2 Å². The number of nitrogens with one attached hydrogen (secondary N) is 1. The lowest BCUT2D eigenvalue weighted by Crippen LogP contribution is -2.47. The summed E-state index contributed by atoms with van der Waals surface area (Å²) in [6, 6.07) is 7.71. The Morgan fingerprint density at radius 3 is 2.55 bits per heavy atom. The van der Waals surface area contributed by atoms with Crippen LogP contribution >= 0.6 is 0 Å². The number of hydrogen-bond acceptors (Lipinski definition) is 3. The molecular weight excluding hydrogens is 276 g/mol. The van der Waals surface area contributed by atoms with E-state index >= 15 is 0 Å². The van der Waals surface area contributed by atoms with Gasteiger partial charge in [0.15, 0.2) is 5.78 Å². The molecule has 1 aromatic rings. The average Bonchev–Trinajstić information content (AvgIpc) is 3.14. The number of amides is 1. The van der Waals surface area contributed by atoms with Crippen molar-refractivity contribution < 1.29 is 9.59 Å². The van der Waals surface area contributed by atoms with Gasteiger partial charge in [-0.3, -0.25) is 14.5 Å². The van der Waals surface area contributed by atoms with E-state index in [-0.39, 0.29) is 17.7 Å². The predicted octanol–water partition coefficient (Wildman–Crippen LogP) is 2.25. The molecule has 1 aliphatic carbocycles. The average molecular weight is 298 g/mol. The molecule has 4 rings (SSSR count). The van der Waals surface area contributed by atoms with E-state index in [0.29, 0.717) is 17.2 Å². The van der Waals surface area contributed by atoms with Crippen molar-refractivity contribution in [3.05, 3.63) is 35.4 Å². The number of likely N-dealkylation sites (tertiary alicyclic amines) is 1. The summed E-state index contributed by atoms with van der Waals surface area (Å²) in [6.45, 7) is 3.58. The number of Topliss-reactive ketones (excluding diaryl/α,β-unsaturated/α-hetero) is 1. The van der Waals surface area contributed by atoms with Crippen molar-refractivity contribution in [2.24, 2.45) is 5.41 Å². The van der Waals surface area contributed by atoms with Crippen LogP contribution in [-0.4, -0.2) is 41.8 Å². The zero-order chi connectivity index (χ0) is 15.3. The zero-order valence-corrected chi connectivity index (χ0v) is 13.0. The third-order valence-electron chi connectivity index (χ3n) is 5.80. The fourth-order valence-electron chi connectivity index (χ4n) is 4.44. The Morgan fingerprint density at radius 2 is 1.82 bits per heavy atom. The van der Waals surface area contributed by atoms with Crippen molar-refractivity contribution in [1.82, 2.24) is 10.2 Å². The Morgan fingerprint density at radius 1 is 1.14 bits per heavy atom. The van der Waals surface area contributed by atoms with E-state index in [1.54, 1.807) is 12.1 Å². The van der Waals surface area contributed by atoms with E-state index in [1.807, 2.05) is 19.1 Å². The van der Waals surface area contributed by atoms with Gasteiger partial charge in [0, 0.05) is 24.7 Å². The first kappa shape index (κ1) is 13.9. The smallest absolute Gasteiger partial charge is 0.252 e. The van der Waals surface area contributed by atoms with Crippen LogP contribution in [0.15, 0.2) is 24.3 Å². The third kappa shape index (κ3) is 1.93. The summed E-state index contributed by atoms with van der Waals surface area (Å²) >= 11 is 0. The van der Waals surface area contributed by atoms with Gasteiger partial charge in [-0.1, -0.05) is 31.0 Å². The molecule has 116 valence electrons. The van der Waals surface area contributed by atoms with Crippen molar-refractivity contribution in [3.63, 3.8) is 0 Å². The summed E-state index contributed by atoms with van der Waals surface area (Å²) in [6.07, 6.45) is 5.01. The van der Waals surface area contributed by atoms with Gasteiger partial charge in [-0.05, 0) is 25.8 Å². The normalized spacial score (nSPS) is 32.5. The molecule has 0 unspecified atom stereocenters. The van der Waals surface area contributed by atoms with Gasteiger partial charge in [0.05, 0.1) is 17.0 Å². The lowest BCUT2D eigenvalue weighted by Gasteiger charge is -2.28. The SMILES string of the molecule is C[C@]12CN(C3CCCC3)C[C@H]1NC(=O)c1ccccc1C2=O. The molecule has 2 fully saturated rings. The minimum Gasteiger partial charge on any atom is -0.347 e. The molecule has 1 saturated heterocycles. The summed E-state index contributed by atoms with van der Waals surface area (Å²) in [7, 11) is 0. The molecule has 4 nitrogen and oxygen atoms in total. The molecule has 2 heterocycles. The number of benzene rings is 1. The maximum Gasteiger partial charge on any atom is 0.252 e. The Kier molecular flexibility index (Phi) is 3.12. The topological polar surface area (TPSA) is 49.4 Å². The van der Waals surface area contributed by atoms with Crippen LogP contribution in [0.2, 0.25) is 0 Å². The van der Waals surface area contributed by atoms with Gasteiger partial charge in [-0.25, -0.2) is 0 Å². The van der Waals surface area contributed by atoms with Crippen molar-refractivity contribution >= 4 is 11.7 Å². The Balaban J connectivity index is 1.71. The highest BCUT2D eigenvalue weighted by molar-refractivity contribution is 6.12. The van der Waals surface area contributed by atoms with Gasteiger partial charge >= 0.3 is 0 Å². The molecule has 0 radical (unpaired) electrons. The molecule has 1 saturated carbocycles. The van der Waals surface area contributed by atoms with Gasteiger partial charge in [0.1, 0.15) is 0 Å². The van der Waals surface area contributed by atoms with E-state index in [9.17, 15) is 9.59 Å². The molecule has 2 atom stereocenters. The summed E-state index contributed by atoms with van der Waals surface area (Å²) in [5, 5.41) is 3.12. The summed E-state index contributed by atoms with van der Waals surface area (Å²) in [5.41, 5.74) is 0.596. The first-order valence-corrected chi connectivity index (χ1v) is 8.28. The molecule has 4 heteroatoms. The zero-order valence-electron chi connectivity index (χ0n) is 13.0. The van der Waals surface area contributed by atoms with Crippen LogP contribution in [-0.2, 0) is 0 Å². The number of carbonyl (C=O) groups excluding carboxylic acids is 2. The molecule has 0 aromatic heterocycles. The van der Waals surface area contributed by atoms with Gasteiger partial charge in [0.25, 0.3) is 5.91 Å². The summed E-state index contributed by atoms with van der Waals surface area (Å²) in [5.74, 6) is 0.0119. The highest BCUT2D eigenvalue weighted by Crippen LogP contribution is 2.40. The second kappa shape index (κ2) is 4.92. The monoisotopic (exact) mass is 298 g/mol. The second-order valence-electron chi connectivity index (χ2n) is 7.19. The summed E-state index contributed by atoms with van der Waals surface area (Å²) < 4.78 is 0. The number of carbonyl (C=O) groups is 2. The van der Waals surface area contributed by atoms with E-state index in [4.69, 9.17) is 0 Å². The van der Waals surface area contributed by atoms with Gasteiger partial charge in [-0.15, -0.1) is 0 Å². The number of fused-ring (bicyclic) bond motifs is 2. The molecular formula is C18H22N2O2. The molecule has 0 bridgehead atoms. The largest absolute Gasteiger partial charge is 0.347 e. The van der Waals surface area contributed by atoms with Crippen LogP contribution < -0.4 is 5.32 Å². The molecule has 1 N–H and O–H groups in total. The van der Waals surface area contributed by atoms with E-state index in [1.165, 1.54) is 25.7 Å². The number of rotatable bonds is 1. The fraction of sp³-hybridized carbons (Fsp3) is 0.556. The van der Waals surface area contributed by atoms with Crippen LogP contribution in [0.5, 0.6) is 0 Å². The summed E-state index contributed by atoms with van der Waals surface area (Å²) in [4.78, 5) is 28.0. The second-order valence-corrected chi connectivity index (χ2v) is 7.19. The molecule has 1 aromatic carbocycles. The third-order valence-corrected chi connectivity index (χ3v) is 5.80. The molecule has 2 aliphatic heterocycles. The molecule has 22 heavy (non-hydrogen) atoms. The predicted molar refractivity (Wildman–Crippen MR) is 84.0 cm³/mol. The highest BCUT2D eigenvalue weighted by atomic mass is 16.2. The number of ketones is 1. The molecule has 1 amide bonds. The minimum atomic E-state index is -0.509. The van der Waals surface area contributed by atoms with Gasteiger partial charge < -0.3 is 5.32 Å². The van der Waals surface area contributed by atoms with Crippen LogP contribution in [0.25, 0.3) is 0 Å². The van der Waals surface area contributed by atoms with Crippen molar-refractivity contribution in [2.75, 3.05) is 13.1 Å². The molecule has 3 aliphatic rings. The maximum atomic E-state index is 13.1. The first-order valence-electron chi connectivity index (χ1n) is 8.28. The van der Waals surface area contributed by atoms with Crippen LogP contribution in [0.4, 0.5) is 0 Å². The van der Waals surface area contributed by atoms with E-state index in [0.717, 1.165) is 13.1 Å². The highest BCUT2D eigenvalue weighted by Gasteiger charge is 2.52. The molecule has 0 spiro atoms.